The van der Waals surface area contributed by atoms with Crippen molar-refractivity contribution in [3.8, 4) is 0 Å². The quantitative estimate of drug-likeness (QED) is 0.125. The van der Waals surface area contributed by atoms with E-state index in [2.05, 4.69) is 12.2 Å². The predicted octanol–water partition coefficient (Wildman–Crippen LogP) is 1.54. The lowest BCUT2D eigenvalue weighted by molar-refractivity contribution is -0.302. The van der Waals surface area contributed by atoms with Crippen molar-refractivity contribution in [3.63, 3.8) is 0 Å². The number of ether oxygens (including phenoxy) is 2. The van der Waals surface area contributed by atoms with E-state index in [1.807, 2.05) is 6.08 Å². The van der Waals surface area contributed by atoms with Crippen molar-refractivity contribution in [2.45, 2.75) is 127 Å². The number of unbranched alkanes of at least 4 members (excludes halogenated alkanes) is 9. The zero-order chi connectivity index (χ0) is 25.3. The summed E-state index contributed by atoms with van der Waals surface area (Å²) in [5.74, 6) is -0.270. The first kappa shape index (κ1) is 31.0. The zero-order valence-corrected chi connectivity index (χ0v) is 20.8. The van der Waals surface area contributed by atoms with Crippen molar-refractivity contribution in [3.05, 3.63) is 12.2 Å². The monoisotopic (exact) mass is 489 g/mol. The van der Waals surface area contributed by atoms with Gasteiger partial charge in [-0.25, -0.2) is 0 Å². The van der Waals surface area contributed by atoms with Gasteiger partial charge in [0.15, 0.2) is 6.29 Å². The van der Waals surface area contributed by atoms with E-state index in [0.29, 0.717) is 0 Å². The van der Waals surface area contributed by atoms with Gasteiger partial charge in [0.05, 0.1) is 25.4 Å². The Balaban J connectivity index is 2.45. The number of aliphatic hydroxyl groups excluding tert-OH is 5. The van der Waals surface area contributed by atoms with Crippen LogP contribution in [0.4, 0.5) is 0 Å². The van der Waals surface area contributed by atoms with Crippen LogP contribution in [0.25, 0.3) is 0 Å². The van der Waals surface area contributed by atoms with Crippen LogP contribution in [0.1, 0.15) is 84.5 Å². The highest BCUT2D eigenvalue weighted by Crippen LogP contribution is 2.22. The van der Waals surface area contributed by atoms with Gasteiger partial charge in [-0.05, 0) is 12.8 Å². The Morgan fingerprint density at radius 3 is 2.18 bits per heavy atom. The van der Waals surface area contributed by atoms with Gasteiger partial charge in [0.2, 0.25) is 5.91 Å². The van der Waals surface area contributed by atoms with E-state index in [-0.39, 0.29) is 18.9 Å². The van der Waals surface area contributed by atoms with E-state index < -0.39 is 49.5 Å². The molecule has 0 radical (unpaired) electrons. The summed E-state index contributed by atoms with van der Waals surface area (Å²) in [7, 11) is 0. The van der Waals surface area contributed by atoms with Crippen LogP contribution in [-0.4, -0.2) is 87.5 Å². The van der Waals surface area contributed by atoms with E-state index in [4.69, 9.17) is 9.47 Å². The molecule has 1 saturated heterocycles. The topological polar surface area (TPSA) is 149 Å². The lowest BCUT2D eigenvalue weighted by Gasteiger charge is -2.40. The van der Waals surface area contributed by atoms with E-state index in [0.717, 1.165) is 19.3 Å². The maximum atomic E-state index is 11.9. The Morgan fingerprint density at radius 2 is 1.59 bits per heavy atom. The van der Waals surface area contributed by atoms with Crippen LogP contribution in [-0.2, 0) is 14.3 Å². The van der Waals surface area contributed by atoms with Crippen LogP contribution in [0.2, 0.25) is 0 Å². The van der Waals surface area contributed by atoms with Crippen molar-refractivity contribution in [1.82, 2.24) is 5.32 Å². The van der Waals surface area contributed by atoms with Crippen molar-refractivity contribution in [2.75, 3.05) is 13.2 Å². The highest BCUT2D eigenvalue weighted by atomic mass is 16.7. The zero-order valence-electron chi connectivity index (χ0n) is 20.8. The SMILES string of the molecule is CCCCCCCCCCC/C=C/C(O)C(COC1OC(CO)C(O)C(O)C1O)NC(=O)CC. The number of hydrogen-bond acceptors (Lipinski definition) is 8. The summed E-state index contributed by atoms with van der Waals surface area (Å²) >= 11 is 0. The average Bonchev–Trinajstić information content (AvgIpc) is 2.84. The molecule has 0 aliphatic carbocycles. The molecule has 7 atom stereocenters. The predicted molar refractivity (Wildman–Crippen MR) is 129 cm³/mol. The summed E-state index contributed by atoms with van der Waals surface area (Å²) in [6.45, 7) is 3.15. The molecule has 1 rings (SSSR count). The number of amides is 1. The first-order valence-corrected chi connectivity index (χ1v) is 12.9. The number of carbonyl (C=O) groups is 1. The first-order valence-electron chi connectivity index (χ1n) is 12.9. The standard InChI is InChI=1S/C25H47NO8/c1-3-5-6-7-8-9-10-11-12-13-14-15-19(28)18(26-21(29)4-2)17-33-25-24(32)23(31)22(30)20(16-27)34-25/h14-15,18-20,22-25,27-28,30-32H,3-13,16-17H2,1-2H3,(H,26,29)/b15-14+. The van der Waals surface area contributed by atoms with E-state index in [1.54, 1.807) is 13.0 Å². The second kappa shape index (κ2) is 18.2. The molecule has 6 N–H and O–H groups in total. The smallest absolute Gasteiger partial charge is 0.220 e. The summed E-state index contributed by atoms with van der Waals surface area (Å²) in [6.07, 6.45) is 7.74. The molecule has 1 fully saturated rings. The molecule has 34 heavy (non-hydrogen) atoms. The maximum absolute atomic E-state index is 11.9. The number of aliphatic hydroxyl groups is 5. The molecule has 7 unspecified atom stereocenters. The van der Waals surface area contributed by atoms with E-state index >= 15 is 0 Å². The molecule has 9 heteroatoms. The third-order valence-electron chi connectivity index (χ3n) is 6.18. The molecule has 9 nitrogen and oxygen atoms in total. The van der Waals surface area contributed by atoms with Crippen molar-refractivity contribution in [2.24, 2.45) is 0 Å². The number of carbonyl (C=O) groups excluding carboxylic acids is 1. The lowest BCUT2D eigenvalue weighted by Crippen LogP contribution is -2.60. The highest BCUT2D eigenvalue weighted by Gasteiger charge is 2.44. The Bertz CT molecular complexity index is 559. The Kier molecular flexibility index (Phi) is 16.6. The Labute approximate surface area is 204 Å². The summed E-state index contributed by atoms with van der Waals surface area (Å²) < 4.78 is 10.8. The van der Waals surface area contributed by atoms with Crippen molar-refractivity contribution in [1.29, 1.82) is 0 Å². The van der Waals surface area contributed by atoms with Crippen LogP contribution >= 0.6 is 0 Å². The molecule has 1 heterocycles. The molecule has 0 bridgehead atoms. The minimum atomic E-state index is -1.55. The second-order valence-electron chi connectivity index (χ2n) is 9.09. The largest absolute Gasteiger partial charge is 0.394 e. The van der Waals surface area contributed by atoms with E-state index in [1.165, 1.54) is 44.9 Å². The van der Waals surface area contributed by atoms with Crippen LogP contribution in [0.15, 0.2) is 12.2 Å². The minimum Gasteiger partial charge on any atom is -0.394 e. The summed E-state index contributed by atoms with van der Waals surface area (Å²) in [5.41, 5.74) is 0. The molecular formula is C25H47NO8. The molecule has 1 aliphatic heterocycles. The molecular weight excluding hydrogens is 442 g/mol. The molecule has 0 aromatic heterocycles. The molecule has 0 aromatic carbocycles. The van der Waals surface area contributed by atoms with Crippen LogP contribution in [0.3, 0.4) is 0 Å². The molecule has 0 aromatic rings. The van der Waals surface area contributed by atoms with Gasteiger partial charge in [-0.3, -0.25) is 4.79 Å². The van der Waals surface area contributed by atoms with Gasteiger partial charge in [0.1, 0.15) is 24.4 Å². The maximum Gasteiger partial charge on any atom is 0.220 e. The van der Waals surface area contributed by atoms with Crippen molar-refractivity contribution < 1.29 is 39.8 Å². The second-order valence-corrected chi connectivity index (χ2v) is 9.09. The number of allylic oxidation sites excluding steroid dienone is 1. The van der Waals surface area contributed by atoms with Gasteiger partial charge in [-0.2, -0.15) is 0 Å². The average molecular weight is 490 g/mol. The lowest BCUT2D eigenvalue weighted by atomic mass is 9.99. The fourth-order valence-electron chi connectivity index (χ4n) is 3.88. The third-order valence-corrected chi connectivity index (χ3v) is 6.18. The number of rotatable bonds is 18. The third kappa shape index (κ3) is 11.6. The van der Waals surface area contributed by atoms with Crippen LogP contribution < -0.4 is 5.32 Å². The van der Waals surface area contributed by atoms with Gasteiger partial charge in [0, 0.05) is 6.42 Å². The fraction of sp³-hybridized carbons (Fsp3) is 0.880. The van der Waals surface area contributed by atoms with Gasteiger partial charge < -0.3 is 40.3 Å². The summed E-state index contributed by atoms with van der Waals surface area (Å²) in [4.78, 5) is 11.9. The summed E-state index contributed by atoms with van der Waals surface area (Å²) in [6, 6.07) is -0.792. The molecule has 0 spiro atoms. The van der Waals surface area contributed by atoms with Gasteiger partial charge in [-0.1, -0.05) is 77.4 Å². The fourth-order valence-corrected chi connectivity index (χ4v) is 3.88. The van der Waals surface area contributed by atoms with Crippen LogP contribution in [0, 0.1) is 0 Å². The Morgan fingerprint density at radius 1 is 0.971 bits per heavy atom. The summed E-state index contributed by atoms with van der Waals surface area (Å²) in [5, 5.41) is 52.4. The van der Waals surface area contributed by atoms with Gasteiger partial charge in [0.25, 0.3) is 0 Å². The Hall–Kier alpha value is -1.07. The molecule has 1 aliphatic rings. The number of hydrogen-bond donors (Lipinski definition) is 6. The highest BCUT2D eigenvalue weighted by molar-refractivity contribution is 5.75. The molecule has 1 amide bonds. The van der Waals surface area contributed by atoms with E-state index in [9.17, 15) is 30.3 Å². The minimum absolute atomic E-state index is 0.196. The van der Waals surface area contributed by atoms with Gasteiger partial charge in [-0.15, -0.1) is 0 Å². The molecule has 0 saturated carbocycles. The van der Waals surface area contributed by atoms with Gasteiger partial charge >= 0.3 is 0 Å². The first-order chi connectivity index (χ1) is 16.3. The number of nitrogens with one attached hydrogen (secondary N) is 1. The molecule has 200 valence electrons. The van der Waals surface area contributed by atoms with Crippen LogP contribution in [0.5, 0.6) is 0 Å². The van der Waals surface area contributed by atoms with Crippen molar-refractivity contribution >= 4 is 5.91 Å². The normalized spacial score (nSPS) is 27.1.